The molecule has 1 rings (SSSR count). The highest BCUT2D eigenvalue weighted by molar-refractivity contribution is 5.80. The van der Waals surface area contributed by atoms with Crippen LogP contribution in [-0.2, 0) is 14.3 Å². The fourth-order valence-corrected chi connectivity index (χ4v) is 5.13. The quantitative estimate of drug-likeness (QED) is 0.0492. The van der Waals surface area contributed by atoms with Gasteiger partial charge in [-0.2, -0.15) is 0 Å². The smallest absolute Gasteiger partial charge is 0.249 e. The van der Waals surface area contributed by atoms with Gasteiger partial charge < -0.3 is 45.4 Å². The molecule has 1 aliphatic rings. The van der Waals surface area contributed by atoms with Gasteiger partial charge in [-0.05, 0) is 64.2 Å². The summed E-state index contributed by atoms with van der Waals surface area (Å²) in [6.45, 7) is 3.41. The number of hydrogen-bond donors (Lipinski definition) is 7. The van der Waals surface area contributed by atoms with Crippen LogP contribution in [0.15, 0.2) is 48.6 Å². The van der Waals surface area contributed by atoms with E-state index in [-0.39, 0.29) is 13.0 Å². The molecule has 0 aromatic carbocycles. The summed E-state index contributed by atoms with van der Waals surface area (Å²) < 4.78 is 11.0. The standard InChI is InChI=1S/C37H65NO9/c1-3-5-7-9-11-13-15-17-19-21-23-25-30(40)29(28-46-37-35(44)34(43)33(42)32(27-39)47-37)38-36(45)31(41)26-24-22-20-18-16-14-12-10-8-6-4-2/h7,9,12,14-15,17,23,25,29-35,37,39-44H,3-6,8,10-11,13,16,18-22,24,26-28H2,1-2H3,(H,38,45)/b9-7+,14-12-,17-15+,25-23+. The minimum atomic E-state index is -1.62. The van der Waals surface area contributed by atoms with Crippen molar-refractivity contribution in [1.82, 2.24) is 5.32 Å². The summed E-state index contributed by atoms with van der Waals surface area (Å²) >= 11 is 0. The lowest BCUT2D eigenvalue weighted by Gasteiger charge is -2.40. The molecule has 1 fully saturated rings. The molecule has 0 aromatic rings. The first-order valence-electron chi connectivity index (χ1n) is 18.0. The first-order chi connectivity index (χ1) is 22.8. The number of aliphatic hydroxyl groups excluding tert-OH is 6. The second-order valence-corrected chi connectivity index (χ2v) is 12.4. The number of rotatable bonds is 27. The second kappa shape index (κ2) is 28.0. The lowest BCUT2D eigenvalue weighted by Crippen LogP contribution is -2.60. The van der Waals surface area contributed by atoms with Crippen LogP contribution in [-0.4, -0.2) is 98.7 Å². The molecule has 47 heavy (non-hydrogen) atoms. The van der Waals surface area contributed by atoms with Crippen molar-refractivity contribution < 1.29 is 44.9 Å². The maximum Gasteiger partial charge on any atom is 0.249 e. The molecule has 1 aliphatic heterocycles. The Kier molecular flexibility index (Phi) is 25.7. The highest BCUT2D eigenvalue weighted by Crippen LogP contribution is 2.22. The lowest BCUT2D eigenvalue weighted by atomic mass is 9.99. The van der Waals surface area contributed by atoms with E-state index < -0.39 is 61.5 Å². The van der Waals surface area contributed by atoms with E-state index in [4.69, 9.17) is 9.47 Å². The highest BCUT2D eigenvalue weighted by atomic mass is 16.7. The topological polar surface area (TPSA) is 169 Å². The van der Waals surface area contributed by atoms with Crippen LogP contribution in [0.5, 0.6) is 0 Å². The first kappa shape index (κ1) is 43.1. The predicted octanol–water partition coefficient (Wildman–Crippen LogP) is 4.52. The lowest BCUT2D eigenvalue weighted by molar-refractivity contribution is -0.302. The Bertz CT molecular complexity index is 891. The Labute approximate surface area is 283 Å². The molecule has 1 amide bonds. The van der Waals surface area contributed by atoms with E-state index >= 15 is 0 Å². The van der Waals surface area contributed by atoms with E-state index in [0.29, 0.717) is 12.8 Å². The molecule has 1 heterocycles. The number of allylic oxidation sites excluding steroid dienone is 7. The van der Waals surface area contributed by atoms with Crippen LogP contribution < -0.4 is 5.32 Å². The zero-order chi connectivity index (χ0) is 34.7. The molecule has 10 heteroatoms. The normalized spacial score (nSPS) is 24.1. The monoisotopic (exact) mass is 667 g/mol. The Hall–Kier alpha value is -1.89. The number of amides is 1. The molecule has 8 unspecified atom stereocenters. The first-order valence-corrected chi connectivity index (χ1v) is 18.0. The van der Waals surface area contributed by atoms with E-state index in [1.54, 1.807) is 12.2 Å². The summed E-state index contributed by atoms with van der Waals surface area (Å²) in [7, 11) is 0. The molecule has 0 aromatic heterocycles. The van der Waals surface area contributed by atoms with E-state index in [2.05, 4.69) is 55.6 Å². The summed E-state index contributed by atoms with van der Waals surface area (Å²) in [5.41, 5.74) is 0. The Morgan fingerprint density at radius 3 is 1.91 bits per heavy atom. The molecule has 0 spiro atoms. The number of unbranched alkanes of at least 4 members (excludes halogenated alkanes) is 10. The number of hydrogen-bond acceptors (Lipinski definition) is 9. The van der Waals surface area contributed by atoms with Crippen molar-refractivity contribution in [3.05, 3.63) is 48.6 Å². The number of nitrogens with one attached hydrogen (secondary N) is 1. The number of aliphatic hydroxyl groups is 6. The molecule has 7 N–H and O–H groups in total. The zero-order valence-corrected chi connectivity index (χ0v) is 28.9. The van der Waals surface area contributed by atoms with Crippen molar-refractivity contribution in [2.75, 3.05) is 13.2 Å². The van der Waals surface area contributed by atoms with Crippen molar-refractivity contribution in [2.45, 2.75) is 166 Å². The van der Waals surface area contributed by atoms with Crippen LogP contribution in [0.4, 0.5) is 0 Å². The van der Waals surface area contributed by atoms with E-state index in [1.807, 2.05) is 0 Å². The Morgan fingerprint density at radius 1 is 0.723 bits per heavy atom. The molecular formula is C37H65NO9. The molecule has 0 saturated carbocycles. The van der Waals surface area contributed by atoms with Gasteiger partial charge in [0, 0.05) is 0 Å². The fourth-order valence-electron chi connectivity index (χ4n) is 5.13. The average Bonchev–Trinajstić information content (AvgIpc) is 3.07. The third-order valence-electron chi connectivity index (χ3n) is 8.19. The second-order valence-electron chi connectivity index (χ2n) is 12.4. The molecule has 0 bridgehead atoms. The summed E-state index contributed by atoms with van der Waals surface area (Å²) in [5, 5.41) is 64.0. The van der Waals surface area contributed by atoms with Crippen LogP contribution in [0.1, 0.15) is 117 Å². The van der Waals surface area contributed by atoms with Crippen LogP contribution in [0.25, 0.3) is 0 Å². The summed E-state index contributed by atoms with van der Waals surface area (Å²) in [6, 6.07) is -1.00. The maximum atomic E-state index is 12.9. The van der Waals surface area contributed by atoms with Gasteiger partial charge in [0.15, 0.2) is 6.29 Å². The Balaban J connectivity index is 2.62. The van der Waals surface area contributed by atoms with Gasteiger partial charge in [0.05, 0.1) is 25.4 Å². The van der Waals surface area contributed by atoms with Gasteiger partial charge in [-0.15, -0.1) is 0 Å². The minimum Gasteiger partial charge on any atom is -0.394 e. The van der Waals surface area contributed by atoms with Gasteiger partial charge in [0.25, 0.3) is 0 Å². The van der Waals surface area contributed by atoms with Crippen LogP contribution in [0, 0.1) is 0 Å². The summed E-state index contributed by atoms with van der Waals surface area (Å²) in [5.74, 6) is -0.647. The minimum absolute atomic E-state index is 0.283. The van der Waals surface area contributed by atoms with Gasteiger partial charge in [-0.25, -0.2) is 0 Å². The Morgan fingerprint density at radius 2 is 1.30 bits per heavy atom. The third-order valence-corrected chi connectivity index (χ3v) is 8.19. The molecule has 0 radical (unpaired) electrons. The van der Waals surface area contributed by atoms with Crippen molar-refractivity contribution in [1.29, 1.82) is 0 Å². The zero-order valence-electron chi connectivity index (χ0n) is 28.9. The molecule has 8 atom stereocenters. The van der Waals surface area contributed by atoms with Crippen molar-refractivity contribution in [3.8, 4) is 0 Å². The van der Waals surface area contributed by atoms with E-state index in [1.165, 1.54) is 19.3 Å². The van der Waals surface area contributed by atoms with Crippen molar-refractivity contribution >= 4 is 5.91 Å². The largest absolute Gasteiger partial charge is 0.394 e. The maximum absolute atomic E-state index is 12.9. The average molecular weight is 668 g/mol. The van der Waals surface area contributed by atoms with Gasteiger partial charge in [0.2, 0.25) is 5.91 Å². The summed E-state index contributed by atoms with van der Waals surface area (Å²) in [6.07, 6.45) is 22.2. The van der Waals surface area contributed by atoms with Crippen molar-refractivity contribution in [3.63, 3.8) is 0 Å². The van der Waals surface area contributed by atoms with Gasteiger partial charge >= 0.3 is 0 Å². The highest BCUT2D eigenvalue weighted by Gasteiger charge is 2.44. The predicted molar refractivity (Wildman–Crippen MR) is 185 cm³/mol. The van der Waals surface area contributed by atoms with Crippen LogP contribution in [0.2, 0.25) is 0 Å². The molecule has 0 aliphatic carbocycles. The molecule has 1 saturated heterocycles. The van der Waals surface area contributed by atoms with Gasteiger partial charge in [-0.1, -0.05) is 101 Å². The molecular weight excluding hydrogens is 602 g/mol. The number of ether oxygens (including phenoxy) is 2. The third kappa shape index (κ3) is 19.6. The molecule has 272 valence electrons. The SMILES string of the molecule is CCC/C=C/CC/C=C/CC/C=C/C(O)C(COC1OC(CO)C(O)C(O)C1O)NC(=O)C(O)CCCCCC/C=C\CCCCC. The molecule has 10 nitrogen and oxygen atoms in total. The van der Waals surface area contributed by atoms with Gasteiger partial charge in [0.1, 0.15) is 30.5 Å². The van der Waals surface area contributed by atoms with E-state index in [0.717, 1.165) is 64.2 Å². The van der Waals surface area contributed by atoms with Gasteiger partial charge in [-0.3, -0.25) is 4.79 Å². The van der Waals surface area contributed by atoms with Crippen LogP contribution in [0.3, 0.4) is 0 Å². The number of carbonyl (C=O) groups is 1. The fraction of sp³-hybridized carbons (Fsp3) is 0.757. The number of carbonyl (C=O) groups excluding carboxylic acids is 1. The summed E-state index contributed by atoms with van der Waals surface area (Å²) in [4.78, 5) is 12.9. The van der Waals surface area contributed by atoms with Crippen molar-refractivity contribution in [2.24, 2.45) is 0 Å². The van der Waals surface area contributed by atoms with E-state index in [9.17, 15) is 35.4 Å². The van der Waals surface area contributed by atoms with Crippen LogP contribution >= 0.6 is 0 Å².